The summed E-state index contributed by atoms with van der Waals surface area (Å²) < 4.78 is 35.2. The highest BCUT2D eigenvalue weighted by Gasteiger charge is 2.18. The summed E-state index contributed by atoms with van der Waals surface area (Å²) in [5, 5.41) is 9.07. The van der Waals surface area contributed by atoms with Crippen molar-refractivity contribution in [1.82, 2.24) is 4.98 Å². The van der Waals surface area contributed by atoms with Gasteiger partial charge in [-0.2, -0.15) is 5.26 Å². The molecular formula is C22H27FN2O4. The Bertz CT molecular complexity index is 808. The first-order valence-electron chi connectivity index (χ1n) is 9.47. The van der Waals surface area contributed by atoms with Crippen molar-refractivity contribution in [3.63, 3.8) is 0 Å². The number of pyridine rings is 1. The van der Waals surface area contributed by atoms with Crippen molar-refractivity contribution < 1.29 is 23.3 Å². The summed E-state index contributed by atoms with van der Waals surface area (Å²) in [5.41, 5.74) is 1.47. The van der Waals surface area contributed by atoms with E-state index in [4.69, 9.17) is 24.2 Å². The van der Waals surface area contributed by atoms with Crippen LogP contribution in [0.3, 0.4) is 0 Å². The van der Waals surface area contributed by atoms with Gasteiger partial charge in [0.25, 0.3) is 0 Å². The molecule has 1 aromatic carbocycles. The Balaban J connectivity index is 2.14. The maximum Gasteiger partial charge on any atom is 0.189 e. The Hall–Kier alpha value is -2.69. The monoisotopic (exact) mass is 402 g/mol. The van der Waals surface area contributed by atoms with Gasteiger partial charge in [0, 0.05) is 24.4 Å². The van der Waals surface area contributed by atoms with E-state index in [2.05, 4.69) is 18.8 Å². The Morgan fingerprint density at radius 2 is 1.97 bits per heavy atom. The van der Waals surface area contributed by atoms with Crippen LogP contribution in [0.1, 0.15) is 43.1 Å². The number of hydrogen-bond donors (Lipinski definition) is 0. The van der Waals surface area contributed by atoms with E-state index in [-0.39, 0.29) is 12.9 Å². The summed E-state index contributed by atoms with van der Waals surface area (Å²) in [6.07, 6.45) is 3.78. The van der Waals surface area contributed by atoms with Crippen molar-refractivity contribution in [1.29, 1.82) is 5.26 Å². The molecule has 29 heavy (non-hydrogen) atoms. The van der Waals surface area contributed by atoms with E-state index in [9.17, 15) is 4.39 Å². The molecule has 156 valence electrons. The highest BCUT2D eigenvalue weighted by molar-refractivity contribution is 5.42. The zero-order valence-corrected chi connectivity index (χ0v) is 17.1. The lowest BCUT2D eigenvalue weighted by Gasteiger charge is -2.22. The van der Waals surface area contributed by atoms with E-state index in [0.717, 1.165) is 12.0 Å². The van der Waals surface area contributed by atoms with E-state index in [1.54, 1.807) is 37.7 Å². The lowest BCUT2D eigenvalue weighted by Crippen LogP contribution is -2.12. The van der Waals surface area contributed by atoms with Gasteiger partial charge in [0.2, 0.25) is 0 Å². The summed E-state index contributed by atoms with van der Waals surface area (Å²) in [7, 11) is 1.61. The van der Waals surface area contributed by atoms with Crippen LogP contribution in [0, 0.1) is 17.2 Å². The number of benzene rings is 1. The van der Waals surface area contributed by atoms with Crippen molar-refractivity contribution in [2.75, 3.05) is 27.1 Å². The smallest absolute Gasteiger partial charge is 0.189 e. The minimum absolute atomic E-state index is 0.0969. The van der Waals surface area contributed by atoms with Crippen LogP contribution in [0.25, 0.3) is 0 Å². The Morgan fingerprint density at radius 1 is 1.14 bits per heavy atom. The lowest BCUT2D eigenvalue weighted by atomic mass is 10.0. The molecule has 0 aliphatic rings. The molecule has 0 N–H and O–H groups in total. The first kappa shape index (κ1) is 22.6. The van der Waals surface area contributed by atoms with E-state index in [1.807, 2.05) is 12.1 Å². The SMILES string of the molecule is COCCOCOc1cncc(C(CC(C)C)Oc2ccc(C#N)c(CF)c2)c1. The number of rotatable bonds is 12. The molecule has 0 radical (unpaired) electrons. The molecule has 1 aromatic heterocycles. The molecule has 1 heterocycles. The molecule has 0 spiro atoms. The van der Waals surface area contributed by atoms with E-state index in [0.29, 0.717) is 41.8 Å². The van der Waals surface area contributed by atoms with Gasteiger partial charge in [-0.1, -0.05) is 13.8 Å². The maximum atomic E-state index is 13.2. The van der Waals surface area contributed by atoms with Crippen LogP contribution in [-0.4, -0.2) is 32.1 Å². The van der Waals surface area contributed by atoms with Crippen LogP contribution in [0.5, 0.6) is 11.5 Å². The van der Waals surface area contributed by atoms with Crippen LogP contribution >= 0.6 is 0 Å². The number of halogens is 1. The third-order valence-electron chi connectivity index (χ3n) is 4.15. The summed E-state index contributed by atoms with van der Waals surface area (Å²) in [5.74, 6) is 1.44. The van der Waals surface area contributed by atoms with E-state index in [1.165, 1.54) is 0 Å². The topological polar surface area (TPSA) is 73.6 Å². The van der Waals surface area contributed by atoms with Crippen LogP contribution in [-0.2, 0) is 16.1 Å². The van der Waals surface area contributed by atoms with E-state index < -0.39 is 6.67 Å². The number of nitriles is 1. The predicted octanol–water partition coefficient (Wildman–Crippen LogP) is 4.59. The van der Waals surface area contributed by atoms with E-state index >= 15 is 0 Å². The quantitative estimate of drug-likeness (QED) is 0.382. The molecule has 2 aromatic rings. The highest BCUT2D eigenvalue weighted by atomic mass is 19.1. The zero-order chi connectivity index (χ0) is 21.1. The maximum absolute atomic E-state index is 13.2. The number of methoxy groups -OCH3 is 1. The van der Waals surface area contributed by atoms with Crippen LogP contribution in [0.4, 0.5) is 4.39 Å². The number of hydrogen-bond acceptors (Lipinski definition) is 6. The Kier molecular flexibility index (Phi) is 9.35. The number of ether oxygens (including phenoxy) is 4. The second-order valence-corrected chi connectivity index (χ2v) is 6.92. The van der Waals surface area contributed by atoms with Crippen LogP contribution < -0.4 is 9.47 Å². The third kappa shape index (κ3) is 7.33. The Morgan fingerprint density at radius 3 is 2.66 bits per heavy atom. The van der Waals surface area contributed by atoms with Gasteiger partial charge in [-0.15, -0.1) is 0 Å². The molecular weight excluding hydrogens is 375 g/mol. The van der Waals surface area contributed by atoms with Gasteiger partial charge in [0.15, 0.2) is 6.79 Å². The summed E-state index contributed by atoms with van der Waals surface area (Å²) in [6.45, 7) is 4.51. The molecule has 1 atom stereocenters. The molecule has 0 amide bonds. The molecule has 0 aliphatic carbocycles. The minimum atomic E-state index is -0.719. The molecule has 0 saturated heterocycles. The van der Waals surface area contributed by atoms with Crippen molar-refractivity contribution >= 4 is 0 Å². The number of nitrogens with zero attached hydrogens (tertiary/aromatic N) is 2. The fourth-order valence-corrected chi connectivity index (χ4v) is 2.71. The van der Waals surface area contributed by atoms with Crippen molar-refractivity contribution in [3.05, 3.63) is 53.3 Å². The van der Waals surface area contributed by atoms with Gasteiger partial charge in [-0.25, -0.2) is 4.39 Å². The fraction of sp³-hybridized carbons (Fsp3) is 0.455. The van der Waals surface area contributed by atoms with Crippen molar-refractivity contribution in [2.45, 2.75) is 33.0 Å². The molecule has 2 rings (SSSR count). The zero-order valence-electron chi connectivity index (χ0n) is 17.1. The van der Waals surface area contributed by atoms with Gasteiger partial charge < -0.3 is 18.9 Å². The molecule has 0 saturated carbocycles. The summed E-state index contributed by atoms with van der Waals surface area (Å²) in [4.78, 5) is 4.24. The molecule has 1 unspecified atom stereocenters. The average Bonchev–Trinajstić information content (AvgIpc) is 2.73. The van der Waals surface area contributed by atoms with Crippen molar-refractivity contribution in [2.24, 2.45) is 5.92 Å². The lowest BCUT2D eigenvalue weighted by molar-refractivity contribution is -0.00873. The second-order valence-electron chi connectivity index (χ2n) is 6.92. The average molecular weight is 402 g/mol. The Labute approximate surface area is 171 Å². The molecule has 6 nitrogen and oxygen atoms in total. The van der Waals surface area contributed by atoms with Crippen LogP contribution in [0.2, 0.25) is 0 Å². The van der Waals surface area contributed by atoms with Gasteiger partial charge >= 0.3 is 0 Å². The van der Waals surface area contributed by atoms with Gasteiger partial charge in [-0.05, 0) is 36.6 Å². The highest BCUT2D eigenvalue weighted by Crippen LogP contribution is 2.30. The second kappa shape index (κ2) is 12.0. The molecule has 0 aliphatic heterocycles. The van der Waals surface area contributed by atoms with Crippen LogP contribution in [0.15, 0.2) is 36.7 Å². The standard InChI is InChI=1S/C22H27FN2O4/c1-16(2)8-22(29-20-5-4-17(12-24)18(9-20)11-23)19-10-21(14-25-13-19)28-15-27-7-6-26-3/h4-5,9-10,13-14,16,22H,6-8,11,15H2,1-3H3. The predicted molar refractivity (Wildman–Crippen MR) is 106 cm³/mol. The van der Waals surface area contributed by atoms with Crippen molar-refractivity contribution in [3.8, 4) is 17.6 Å². The first-order valence-corrected chi connectivity index (χ1v) is 9.47. The largest absolute Gasteiger partial charge is 0.486 e. The number of alkyl halides is 1. The third-order valence-corrected chi connectivity index (χ3v) is 4.15. The molecule has 0 fully saturated rings. The van der Waals surface area contributed by atoms with Gasteiger partial charge in [0.1, 0.15) is 24.3 Å². The number of aromatic nitrogens is 1. The molecule has 0 bridgehead atoms. The molecule has 7 heteroatoms. The minimum Gasteiger partial charge on any atom is -0.486 e. The summed E-state index contributed by atoms with van der Waals surface area (Å²) in [6, 6.07) is 8.68. The fourth-order valence-electron chi connectivity index (χ4n) is 2.71. The van der Waals surface area contributed by atoms with Gasteiger partial charge in [-0.3, -0.25) is 4.98 Å². The summed E-state index contributed by atoms with van der Waals surface area (Å²) >= 11 is 0. The van der Waals surface area contributed by atoms with Gasteiger partial charge in [0.05, 0.1) is 31.0 Å². The normalized spacial score (nSPS) is 11.9. The first-order chi connectivity index (χ1) is 14.1.